The number of ether oxygens (including phenoxy) is 2. The minimum Gasteiger partial charge on any atom is -0.467 e. The fourth-order valence-corrected chi connectivity index (χ4v) is 2.19. The quantitative estimate of drug-likeness (QED) is 0.648. The molecule has 5 nitrogen and oxygen atoms in total. The van der Waals surface area contributed by atoms with Gasteiger partial charge >= 0.3 is 0 Å². The van der Waals surface area contributed by atoms with E-state index in [4.69, 9.17) is 9.47 Å². The number of rotatable bonds is 5. The van der Waals surface area contributed by atoms with Crippen molar-refractivity contribution in [3.05, 3.63) is 29.1 Å². The van der Waals surface area contributed by atoms with Crippen molar-refractivity contribution < 1.29 is 13.9 Å². The van der Waals surface area contributed by atoms with Gasteiger partial charge in [-0.2, -0.15) is 0 Å². The zero-order chi connectivity index (χ0) is 15.9. The average Bonchev–Trinajstić information content (AvgIpc) is 2.52. The summed E-state index contributed by atoms with van der Waals surface area (Å²) in [5.74, 6) is 1.12. The Labute approximate surface area is 130 Å². The second kappa shape index (κ2) is 7.98. The molecule has 122 valence electrons. The van der Waals surface area contributed by atoms with Gasteiger partial charge in [-0.1, -0.05) is 6.92 Å². The molecule has 22 heavy (non-hydrogen) atoms. The lowest BCUT2D eigenvalue weighted by Crippen LogP contribution is -2.41. The Morgan fingerprint density at radius 1 is 1.41 bits per heavy atom. The van der Waals surface area contributed by atoms with Gasteiger partial charge in [-0.05, 0) is 32.4 Å². The van der Waals surface area contributed by atoms with Crippen molar-refractivity contribution in [2.24, 2.45) is 4.99 Å². The molecule has 2 rings (SSSR count). The standard InChI is InChI=1S/C16H24FN3O2/c1-4-11(3)20-16(18-5-2)19-8-12-6-14(17)7-13-9-21-10-22-15(12)13/h6-7,11H,4-5,8-10H2,1-3H3,(H2,18,19,20). The Bertz CT molecular complexity index is 534. The van der Waals surface area contributed by atoms with E-state index in [-0.39, 0.29) is 12.6 Å². The second-order valence-electron chi connectivity index (χ2n) is 5.31. The smallest absolute Gasteiger partial charge is 0.191 e. The van der Waals surface area contributed by atoms with E-state index in [2.05, 4.69) is 29.5 Å². The minimum absolute atomic E-state index is 0.195. The van der Waals surface area contributed by atoms with Crippen LogP contribution in [0.4, 0.5) is 4.39 Å². The van der Waals surface area contributed by atoms with Crippen molar-refractivity contribution in [3.63, 3.8) is 0 Å². The van der Waals surface area contributed by atoms with Crippen LogP contribution in [0.3, 0.4) is 0 Å². The van der Waals surface area contributed by atoms with Gasteiger partial charge in [0, 0.05) is 23.7 Å². The summed E-state index contributed by atoms with van der Waals surface area (Å²) in [6.45, 7) is 7.91. The summed E-state index contributed by atoms with van der Waals surface area (Å²) in [5, 5.41) is 6.50. The van der Waals surface area contributed by atoms with E-state index in [9.17, 15) is 4.39 Å². The van der Waals surface area contributed by atoms with E-state index in [0.717, 1.165) is 30.1 Å². The molecule has 0 spiro atoms. The summed E-state index contributed by atoms with van der Waals surface area (Å²) in [4.78, 5) is 4.53. The summed E-state index contributed by atoms with van der Waals surface area (Å²) in [6.07, 6.45) is 1.00. The topological polar surface area (TPSA) is 54.9 Å². The molecule has 0 saturated heterocycles. The number of aliphatic imine (C=N–C) groups is 1. The minimum atomic E-state index is -0.294. The van der Waals surface area contributed by atoms with Crippen LogP contribution in [-0.2, 0) is 17.9 Å². The molecule has 0 aromatic heterocycles. The molecular formula is C16H24FN3O2. The summed E-state index contributed by atoms with van der Waals surface area (Å²) >= 11 is 0. The highest BCUT2D eigenvalue weighted by molar-refractivity contribution is 5.80. The van der Waals surface area contributed by atoms with Crippen LogP contribution < -0.4 is 15.4 Å². The number of guanidine groups is 1. The van der Waals surface area contributed by atoms with Gasteiger partial charge in [-0.3, -0.25) is 0 Å². The maximum Gasteiger partial charge on any atom is 0.191 e. The molecule has 2 N–H and O–H groups in total. The van der Waals surface area contributed by atoms with Crippen LogP contribution in [0.25, 0.3) is 0 Å². The summed E-state index contributed by atoms with van der Waals surface area (Å²) in [6, 6.07) is 3.24. The zero-order valence-corrected chi connectivity index (χ0v) is 13.4. The Morgan fingerprint density at radius 2 is 2.23 bits per heavy atom. The van der Waals surface area contributed by atoms with E-state index in [1.807, 2.05) is 6.92 Å². The van der Waals surface area contributed by atoms with Gasteiger partial charge in [0.1, 0.15) is 11.6 Å². The SMILES string of the molecule is CCNC(=NCc1cc(F)cc2c1OCOC2)NC(C)CC. The van der Waals surface area contributed by atoms with Crippen molar-refractivity contribution >= 4 is 5.96 Å². The highest BCUT2D eigenvalue weighted by Crippen LogP contribution is 2.29. The van der Waals surface area contributed by atoms with Crippen LogP contribution >= 0.6 is 0 Å². The fourth-order valence-electron chi connectivity index (χ4n) is 2.19. The van der Waals surface area contributed by atoms with Crippen molar-refractivity contribution in [3.8, 4) is 5.75 Å². The van der Waals surface area contributed by atoms with E-state index < -0.39 is 0 Å². The van der Waals surface area contributed by atoms with Crippen LogP contribution in [0.1, 0.15) is 38.3 Å². The number of hydrogen-bond donors (Lipinski definition) is 2. The average molecular weight is 309 g/mol. The molecule has 0 saturated carbocycles. The van der Waals surface area contributed by atoms with Crippen molar-refractivity contribution in [2.75, 3.05) is 13.3 Å². The Kier molecular flexibility index (Phi) is 6.00. The first-order chi connectivity index (χ1) is 10.6. The number of hydrogen-bond acceptors (Lipinski definition) is 3. The molecule has 1 aliphatic rings. The van der Waals surface area contributed by atoms with E-state index in [0.29, 0.717) is 24.9 Å². The molecule has 0 amide bonds. The molecule has 0 aliphatic carbocycles. The summed E-state index contributed by atoms with van der Waals surface area (Å²) < 4.78 is 24.4. The highest BCUT2D eigenvalue weighted by Gasteiger charge is 2.17. The lowest BCUT2D eigenvalue weighted by molar-refractivity contribution is -0.0172. The van der Waals surface area contributed by atoms with E-state index in [1.54, 1.807) is 0 Å². The summed E-state index contributed by atoms with van der Waals surface area (Å²) in [5.41, 5.74) is 1.47. The van der Waals surface area contributed by atoms with Crippen LogP contribution in [0.15, 0.2) is 17.1 Å². The fraction of sp³-hybridized carbons (Fsp3) is 0.562. The molecule has 1 aliphatic heterocycles. The van der Waals surface area contributed by atoms with Gasteiger partial charge in [-0.15, -0.1) is 0 Å². The molecule has 1 atom stereocenters. The monoisotopic (exact) mass is 309 g/mol. The van der Waals surface area contributed by atoms with Gasteiger partial charge in [0.15, 0.2) is 12.8 Å². The highest BCUT2D eigenvalue weighted by atomic mass is 19.1. The second-order valence-corrected chi connectivity index (χ2v) is 5.31. The lowest BCUT2D eigenvalue weighted by atomic mass is 10.1. The molecule has 0 fully saturated rings. The molecular weight excluding hydrogens is 285 g/mol. The number of fused-ring (bicyclic) bond motifs is 1. The molecule has 1 aromatic rings. The number of nitrogens with one attached hydrogen (secondary N) is 2. The Morgan fingerprint density at radius 3 is 2.95 bits per heavy atom. The predicted molar refractivity (Wildman–Crippen MR) is 84.4 cm³/mol. The van der Waals surface area contributed by atoms with E-state index in [1.165, 1.54) is 12.1 Å². The third-order valence-electron chi connectivity index (χ3n) is 3.50. The normalized spacial score (nSPS) is 15.7. The van der Waals surface area contributed by atoms with Gasteiger partial charge in [0.25, 0.3) is 0 Å². The predicted octanol–water partition coefficient (Wildman–Crippen LogP) is 2.55. The van der Waals surface area contributed by atoms with E-state index >= 15 is 0 Å². The third kappa shape index (κ3) is 4.34. The van der Waals surface area contributed by atoms with Crippen LogP contribution in [0.5, 0.6) is 5.75 Å². The number of benzene rings is 1. The molecule has 6 heteroatoms. The van der Waals surface area contributed by atoms with Crippen LogP contribution in [0.2, 0.25) is 0 Å². The first-order valence-electron chi connectivity index (χ1n) is 7.70. The molecule has 1 aromatic carbocycles. The van der Waals surface area contributed by atoms with Crippen LogP contribution in [0, 0.1) is 5.82 Å². The van der Waals surface area contributed by atoms with Gasteiger partial charge in [-0.25, -0.2) is 9.38 Å². The maximum atomic E-state index is 13.7. The maximum absolute atomic E-state index is 13.7. The Hall–Kier alpha value is -1.82. The van der Waals surface area contributed by atoms with Crippen molar-refractivity contribution in [2.45, 2.75) is 46.4 Å². The molecule has 1 unspecified atom stereocenters. The molecule has 1 heterocycles. The first kappa shape index (κ1) is 16.5. The van der Waals surface area contributed by atoms with Gasteiger partial charge in [0.05, 0.1) is 13.2 Å². The van der Waals surface area contributed by atoms with Gasteiger partial charge < -0.3 is 20.1 Å². The largest absolute Gasteiger partial charge is 0.467 e. The molecule has 0 radical (unpaired) electrons. The molecule has 0 bridgehead atoms. The van der Waals surface area contributed by atoms with Crippen LogP contribution in [-0.4, -0.2) is 25.3 Å². The van der Waals surface area contributed by atoms with Crippen molar-refractivity contribution in [1.82, 2.24) is 10.6 Å². The van der Waals surface area contributed by atoms with Crippen molar-refractivity contribution in [1.29, 1.82) is 0 Å². The zero-order valence-electron chi connectivity index (χ0n) is 13.4. The number of nitrogens with zero attached hydrogens (tertiary/aromatic N) is 1. The lowest BCUT2D eigenvalue weighted by Gasteiger charge is -2.21. The summed E-state index contributed by atoms with van der Waals surface area (Å²) in [7, 11) is 0. The first-order valence-corrected chi connectivity index (χ1v) is 7.70. The number of halogens is 1. The van der Waals surface area contributed by atoms with Gasteiger partial charge in [0.2, 0.25) is 0 Å². The third-order valence-corrected chi connectivity index (χ3v) is 3.50. The Balaban J connectivity index is 2.17.